The van der Waals surface area contributed by atoms with Crippen LogP contribution in [0.4, 0.5) is 10.4 Å². The van der Waals surface area contributed by atoms with E-state index in [2.05, 4.69) is 15.2 Å². The largest absolute Gasteiger partial charge is 0.423 e. The Hall–Kier alpha value is -3.49. The van der Waals surface area contributed by atoms with Crippen LogP contribution in [-0.2, 0) is 6.54 Å². The number of hydrogen-bond donors (Lipinski definition) is 0. The van der Waals surface area contributed by atoms with Gasteiger partial charge in [0.25, 0.3) is 11.6 Å². The van der Waals surface area contributed by atoms with E-state index in [0.29, 0.717) is 42.6 Å². The van der Waals surface area contributed by atoms with E-state index in [-0.39, 0.29) is 17.3 Å². The van der Waals surface area contributed by atoms with Crippen molar-refractivity contribution in [1.82, 2.24) is 24.5 Å². The Kier molecular flexibility index (Phi) is 3.97. The number of anilines is 1. The van der Waals surface area contributed by atoms with Crippen molar-refractivity contribution in [1.29, 1.82) is 0 Å². The molecule has 4 heterocycles. The molecule has 3 aromatic heterocycles. The lowest BCUT2D eigenvalue weighted by atomic mass is 10.0. The Morgan fingerprint density at radius 1 is 1.14 bits per heavy atom. The zero-order valence-electron chi connectivity index (χ0n) is 16.0. The van der Waals surface area contributed by atoms with Gasteiger partial charge in [-0.25, -0.2) is 13.8 Å². The highest BCUT2D eigenvalue weighted by atomic mass is 19.1. The monoisotopic (exact) mass is 394 g/mol. The van der Waals surface area contributed by atoms with Crippen LogP contribution in [0.1, 0.15) is 11.4 Å². The molecule has 0 atom stereocenters. The summed E-state index contributed by atoms with van der Waals surface area (Å²) in [5.41, 5.74) is 2.77. The topological polar surface area (TPSA) is 82.0 Å². The normalized spacial score (nSPS) is 14.5. The molecule has 1 aliphatic heterocycles. The lowest BCUT2D eigenvalue weighted by Gasteiger charge is -2.37. The van der Waals surface area contributed by atoms with Gasteiger partial charge >= 0.3 is 0 Å². The van der Waals surface area contributed by atoms with E-state index in [9.17, 15) is 9.18 Å². The van der Waals surface area contributed by atoms with Gasteiger partial charge in [-0.2, -0.15) is 10.1 Å². The molecule has 29 heavy (non-hydrogen) atoms. The van der Waals surface area contributed by atoms with Gasteiger partial charge in [-0.3, -0.25) is 4.79 Å². The third-order valence-corrected chi connectivity index (χ3v) is 5.08. The Labute approximate surface area is 165 Å². The quantitative estimate of drug-likeness (QED) is 0.529. The summed E-state index contributed by atoms with van der Waals surface area (Å²) in [5.74, 6) is 0.504. The second-order valence-electron chi connectivity index (χ2n) is 7.43. The molecule has 1 aromatic carbocycles. The van der Waals surface area contributed by atoms with Gasteiger partial charge in [-0.1, -0.05) is 0 Å². The molecule has 1 fully saturated rings. The number of benzene rings is 1. The van der Waals surface area contributed by atoms with E-state index in [4.69, 9.17) is 4.42 Å². The molecular weight excluding hydrogens is 375 g/mol. The summed E-state index contributed by atoms with van der Waals surface area (Å²) >= 11 is 0. The molecule has 0 unspecified atom stereocenters. The standard InChI is InChI=1S/C20H19FN6O2/c1-12-7-13(2)27(23-12)18-5-6-19(28)26(24-18)11-14-9-25(10-14)20-22-16-4-3-15(21)8-17(16)29-20/h3-8,14H,9-11H2,1-2H3. The van der Waals surface area contributed by atoms with Gasteiger partial charge in [0.15, 0.2) is 11.4 Å². The second-order valence-corrected chi connectivity index (χ2v) is 7.43. The highest BCUT2D eigenvalue weighted by molar-refractivity contribution is 5.74. The maximum atomic E-state index is 13.3. The van der Waals surface area contributed by atoms with Crippen molar-refractivity contribution < 1.29 is 8.81 Å². The van der Waals surface area contributed by atoms with E-state index < -0.39 is 0 Å². The molecule has 0 aliphatic carbocycles. The summed E-state index contributed by atoms with van der Waals surface area (Å²) in [5, 5.41) is 8.91. The fourth-order valence-corrected chi connectivity index (χ4v) is 3.65. The van der Waals surface area contributed by atoms with Crippen LogP contribution < -0.4 is 10.5 Å². The average molecular weight is 394 g/mol. The number of hydrogen-bond acceptors (Lipinski definition) is 6. The second kappa shape index (κ2) is 6.54. The molecule has 0 spiro atoms. The van der Waals surface area contributed by atoms with E-state index >= 15 is 0 Å². The van der Waals surface area contributed by atoms with E-state index in [1.54, 1.807) is 16.8 Å². The first-order chi connectivity index (χ1) is 14.0. The zero-order chi connectivity index (χ0) is 20.1. The predicted octanol–water partition coefficient (Wildman–Crippen LogP) is 2.46. The minimum Gasteiger partial charge on any atom is -0.423 e. The molecule has 9 heteroatoms. The minimum atomic E-state index is -0.352. The molecule has 4 aromatic rings. The van der Waals surface area contributed by atoms with Crippen LogP contribution in [0, 0.1) is 25.6 Å². The fraction of sp³-hybridized carbons (Fsp3) is 0.300. The SMILES string of the molecule is Cc1cc(C)n(-c2ccc(=O)n(CC3CN(c4nc5ccc(F)cc5o4)C3)n2)n1. The highest BCUT2D eigenvalue weighted by Gasteiger charge is 2.31. The smallest absolute Gasteiger partial charge is 0.298 e. The minimum absolute atomic E-state index is 0.147. The van der Waals surface area contributed by atoms with Crippen LogP contribution in [-0.4, -0.2) is 37.6 Å². The molecule has 0 radical (unpaired) electrons. The first kappa shape index (κ1) is 17.6. The molecule has 1 saturated heterocycles. The maximum Gasteiger partial charge on any atom is 0.298 e. The van der Waals surface area contributed by atoms with Crippen LogP contribution in [0.3, 0.4) is 0 Å². The Bertz CT molecular complexity index is 1270. The summed E-state index contributed by atoms with van der Waals surface area (Å²) in [6.45, 7) is 5.74. The van der Waals surface area contributed by atoms with Crippen LogP contribution in [0.15, 0.2) is 45.6 Å². The number of fused-ring (bicyclic) bond motifs is 1. The highest BCUT2D eigenvalue weighted by Crippen LogP contribution is 2.28. The third kappa shape index (κ3) is 3.18. The van der Waals surface area contributed by atoms with Gasteiger partial charge in [0.05, 0.1) is 12.2 Å². The molecule has 0 N–H and O–H groups in total. The summed E-state index contributed by atoms with van der Waals surface area (Å²) in [4.78, 5) is 18.6. The van der Waals surface area contributed by atoms with Gasteiger partial charge in [-0.15, -0.1) is 5.10 Å². The van der Waals surface area contributed by atoms with Crippen molar-refractivity contribution in [2.75, 3.05) is 18.0 Å². The Balaban J connectivity index is 1.31. The van der Waals surface area contributed by atoms with Crippen molar-refractivity contribution in [2.24, 2.45) is 5.92 Å². The van der Waals surface area contributed by atoms with Crippen molar-refractivity contribution >= 4 is 17.1 Å². The lowest BCUT2D eigenvalue weighted by Crippen LogP contribution is -2.50. The maximum absolute atomic E-state index is 13.3. The third-order valence-electron chi connectivity index (χ3n) is 5.08. The molecule has 148 valence electrons. The summed E-state index contributed by atoms with van der Waals surface area (Å²) < 4.78 is 22.2. The van der Waals surface area contributed by atoms with Crippen molar-refractivity contribution in [3.8, 4) is 5.82 Å². The molecular formula is C20H19FN6O2. The summed E-state index contributed by atoms with van der Waals surface area (Å²) in [6, 6.07) is 9.93. The van der Waals surface area contributed by atoms with E-state index in [1.807, 2.05) is 24.8 Å². The molecule has 5 rings (SSSR count). The lowest BCUT2D eigenvalue weighted by molar-refractivity contribution is 0.318. The van der Waals surface area contributed by atoms with E-state index in [0.717, 1.165) is 11.4 Å². The van der Waals surface area contributed by atoms with Crippen molar-refractivity contribution in [3.05, 3.63) is 64.0 Å². The summed E-state index contributed by atoms with van der Waals surface area (Å²) in [7, 11) is 0. The van der Waals surface area contributed by atoms with Gasteiger partial charge < -0.3 is 9.32 Å². The van der Waals surface area contributed by atoms with Gasteiger partial charge in [0.1, 0.15) is 11.3 Å². The Morgan fingerprint density at radius 2 is 1.97 bits per heavy atom. The number of halogens is 1. The number of nitrogens with zero attached hydrogens (tertiary/aromatic N) is 6. The zero-order valence-corrected chi connectivity index (χ0v) is 16.0. The number of rotatable bonds is 4. The van der Waals surface area contributed by atoms with Crippen LogP contribution in [0.25, 0.3) is 16.9 Å². The Morgan fingerprint density at radius 3 is 2.72 bits per heavy atom. The predicted molar refractivity (Wildman–Crippen MR) is 105 cm³/mol. The van der Waals surface area contributed by atoms with Crippen molar-refractivity contribution in [2.45, 2.75) is 20.4 Å². The van der Waals surface area contributed by atoms with Gasteiger partial charge in [-0.05, 0) is 38.1 Å². The van der Waals surface area contributed by atoms with Gasteiger partial charge in [0.2, 0.25) is 0 Å². The molecule has 1 aliphatic rings. The van der Waals surface area contributed by atoms with E-state index in [1.165, 1.54) is 22.9 Å². The molecule has 0 bridgehead atoms. The number of aryl methyl sites for hydroxylation is 2. The number of oxazole rings is 1. The fourth-order valence-electron chi connectivity index (χ4n) is 3.65. The van der Waals surface area contributed by atoms with Crippen LogP contribution >= 0.6 is 0 Å². The van der Waals surface area contributed by atoms with Gasteiger partial charge in [0, 0.05) is 36.8 Å². The molecule has 0 saturated carbocycles. The van der Waals surface area contributed by atoms with Crippen molar-refractivity contribution in [3.63, 3.8) is 0 Å². The molecule has 0 amide bonds. The number of aromatic nitrogens is 5. The first-order valence-electron chi connectivity index (χ1n) is 9.39. The van der Waals surface area contributed by atoms with Crippen LogP contribution in [0.2, 0.25) is 0 Å². The average Bonchev–Trinajstić information content (AvgIpc) is 3.21. The summed E-state index contributed by atoms with van der Waals surface area (Å²) in [6.07, 6.45) is 0. The molecule has 8 nitrogen and oxygen atoms in total. The first-order valence-corrected chi connectivity index (χ1v) is 9.39. The van der Waals surface area contributed by atoms with Crippen LogP contribution in [0.5, 0.6) is 0 Å².